The van der Waals surface area contributed by atoms with Crippen LogP contribution in [-0.2, 0) is 21.7 Å². The largest absolute Gasteiger partial charge is 0.457 e. The van der Waals surface area contributed by atoms with Crippen LogP contribution < -0.4 is 14.5 Å². The molecule has 1 aliphatic rings. The number of benzene rings is 6. The Kier molecular flexibility index (Phi) is 10.4. The lowest BCUT2D eigenvalue weighted by Crippen LogP contribution is -2.27. The van der Waals surface area contributed by atoms with Gasteiger partial charge < -0.3 is 14.5 Å². The van der Waals surface area contributed by atoms with Gasteiger partial charge in [0.05, 0.1) is 17.7 Å². The molecule has 63 heavy (non-hydrogen) atoms. The third-order valence-corrected chi connectivity index (χ3v) is 13.2. The first-order valence-corrected chi connectivity index (χ1v) is 22.3. The number of rotatable bonds is 9. The van der Waals surface area contributed by atoms with Crippen LogP contribution in [0.2, 0.25) is 0 Å². The maximum atomic E-state index is 6.91. The molecular weight excluding hydrogens is 769 g/mol. The minimum Gasteiger partial charge on any atom is -0.457 e. The molecule has 5 nitrogen and oxygen atoms in total. The molecule has 1 aliphatic heterocycles. The third kappa shape index (κ3) is 8.02. The molecule has 0 saturated carbocycles. The highest BCUT2D eigenvalue weighted by molar-refractivity contribution is 6.09. The van der Waals surface area contributed by atoms with E-state index in [0.29, 0.717) is 6.67 Å². The smallest absolute Gasteiger partial charge is 0.137 e. The third-order valence-electron chi connectivity index (χ3n) is 13.2. The number of anilines is 2. The summed E-state index contributed by atoms with van der Waals surface area (Å²) in [7, 11) is 0. The second kappa shape index (κ2) is 15.6. The summed E-state index contributed by atoms with van der Waals surface area (Å²) in [4.78, 5) is 9.66. The number of hydrogen-bond acceptors (Lipinski definition) is 4. The van der Waals surface area contributed by atoms with Crippen molar-refractivity contribution in [2.45, 2.75) is 90.9 Å². The van der Waals surface area contributed by atoms with E-state index < -0.39 is 0 Å². The van der Waals surface area contributed by atoms with E-state index in [1.807, 2.05) is 6.20 Å². The maximum Gasteiger partial charge on any atom is 0.137 e. The molecule has 2 aromatic heterocycles. The Morgan fingerprint density at radius 3 is 1.60 bits per heavy atom. The fraction of sp³-hybridized carbons (Fsp3) is 0.259. The summed E-state index contributed by atoms with van der Waals surface area (Å²) in [6.07, 6.45) is 6.35. The molecule has 0 N–H and O–H groups in total. The molecule has 0 amide bonds. The van der Waals surface area contributed by atoms with Crippen molar-refractivity contribution in [1.29, 1.82) is 0 Å². The molecule has 5 heteroatoms. The molecule has 0 unspecified atom stereocenters. The minimum absolute atomic E-state index is 0.00879. The van der Waals surface area contributed by atoms with Gasteiger partial charge in [-0.25, -0.2) is 4.98 Å². The first-order chi connectivity index (χ1) is 30.0. The number of fused-ring (bicyclic) bond motifs is 3. The van der Waals surface area contributed by atoms with E-state index in [-0.39, 0.29) is 21.7 Å². The van der Waals surface area contributed by atoms with Crippen molar-refractivity contribution in [3.05, 3.63) is 204 Å². The van der Waals surface area contributed by atoms with Crippen molar-refractivity contribution in [2.24, 2.45) is 0 Å². The summed E-state index contributed by atoms with van der Waals surface area (Å²) >= 11 is 0. The molecule has 0 bridgehead atoms. The van der Waals surface area contributed by atoms with Crippen LogP contribution in [0.25, 0.3) is 27.6 Å². The van der Waals surface area contributed by atoms with E-state index in [4.69, 9.17) is 9.72 Å². The zero-order chi connectivity index (χ0) is 44.3. The lowest BCUT2D eigenvalue weighted by molar-refractivity contribution is 0.479. The van der Waals surface area contributed by atoms with Crippen molar-refractivity contribution in [2.75, 3.05) is 16.5 Å². The van der Waals surface area contributed by atoms with Crippen LogP contribution in [0, 0.1) is 0 Å². The summed E-state index contributed by atoms with van der Waals surface area (Å²) in [5.41, 5.74) is 11.6. The van der Waals surface area contributed by atoms with Crippen LogP contribution in [-0.4, -0.2) is 16.2 Å². The Morgan fingerprint density at radius 1 is 0.429 bits per heavy atom. The Labute approximate surface area is 374 Å². The van der Waals surface area contributed by atoms with E-state index in [0.717, 1.165) is 39.4 Å². The van der Waals surface area contributed by atoms with Gasteiger partial charge in [0.25, 0.3) is 0 Å². The molecule has 0 atom stereocenters. The highest BCUT2D eigenvalue weighted by Gasteiger charge is 2.29. The summed E-state index contributed by atoms with van der Waals surface area (Å²) in [6, 6.07) is 54.8. The quantitative estimate of drug-likeness (QED) is 0.145. The average molecular weight is 829 g/mol. The molecule has 0 spiro atoms. The SMILES string of the molecule is CC(C)(C)c1cc(Oc2ccc3c4ccccc4n(-c4cc(C(C)(C)c5ccccc5)ccn4)c3c2)cc(N2C=CN(c3cc(C(C)(C)C)cc(C(C)(C)c4ccccc4)c3)C2)c1. The zero-order valence-corrected chi connectivity index (χ0v) is 38.6. The highest BCUT2D eigenvalue weighted by atomic mass is 16.5. The molecule has 0 radical (unpaired) electrons. The van der Waals surface area contributed by atoms with E-state index in [9.17, 15) is 0 Å². The Morgan fingerprint density at radius 2 is 0.968 bits per heavy atom. The second-order valence-electron chi connectivity index (χ2n) is 20.4. The predicted octanol–water partition coefficient (Wildman–Crippen LogP) is 15.0. The number of aromatic nitrogens is 2. The van der Waals surface area contributed by atoms with Crippen molar-refractivity contribution >= 4 is 33.2 Å². The zero-order valence-electron chi connectivity index (χ0n) is 38.6. The number of hydrogen-bond donors (Lipinski definition) is 0. The van der Waals surface area contributed by atoms with Gasteiger partial charge in [-0.3, -0.25) is 4.57 Å². The standard InChI is InChI=1S/C58H60N4O/c1-55(2,3)43-31-45(58(9,10)41-21-15-12-16-22-41)34-46(32-43)60-29-30-61(39-60)47-33-44(56(4,5)6)35-49(37-47)63-48-25-26-51-50-23-17-18-24-52(50)62(53(51)38-48)54-36-42(27-28-59-54)57(7,8)40-19-13-11-14-20-40/h11-38H,39H2,1-10H3. The van der Waals surface area contributed by atoms with Crippen LogP contribution in [0.1, 0.15) is 103 Å². The number of pyridine rings is 1. The van der Waals surface area contributed by atoms with Gasteiger partial charge in [0.1, 0.15) is 17.3 Å². The topological polar surface area (TPSA) is 33.5 Å². The lowest BCUT2D eigenvalue weighted by Gasteiger charge is -2.31. The number of para-hydroxylation sites is 1. The van der Waals surface area contributed by atoms with Crippen LogP contribution in [0.3, 0.4) is 0 Å². The van der Waals surface area contributed by atoms with E-state index in [1.165, 1.54) is 44.5 Å². The molecule has 9 rings (SSSR count). The van der Waals surface area contributed by atoms with Gasteiger partial charge in [0.15, 0.2) is 0 Å². The van der Waals surface area contributed by atoms with Crippen molar-refractivity contribution in [1.82, 2.24) is 9.55 Å². The first-order valence-electron chi connectivity index (χ1n) is 22.3. The van der Waals surface area contributed by atoms with Gasteiger partial charge in [-0.05, 0) is 98.8 Å². The molecule has 0 saturated heterocycles. The minimum atomic E-state index is -0.206. The lowest BCUT2D eigenvalue weighted by atomic mass is 9.75. The van der Waals surface area contributed by atoms with E-state index in [2.05, 4.69) is 248 Å². The van der Waals surface area contributed by atoms with Crippen LogP contribution in [0.4, 0.5) is 11.4 Å². The fourth-order valence-electron chi connectivity index (χ4n) is 8.94. The van der Waals surface area contributed by atoms with E-state index >= 15 is 0 Å². The predicted molar refractivity (Wildman–Crippen MR) is 265 cm³/mol. The van der Waals surface area contributed by atoms with Crippen molar-refractivity contribution in [3.8, 4) is 17.3 Å². The molecule has 3 heterocycles. The monoisotopic (exact) mass is 828 g/mol. The van der Waals surface area contributed by atoms with Gasteiger partial charge in [-0.2, -0.15) is 0 Å². The average Bonchev–Trinajstić information content (AvgIpc) is 3.90. The molecule has 8 aromatic rings. The maximum absolute atomic E-state index is 6.91. The molecule has 0 aliphatic carbocycles. The highest BCUT2D eigenvalue weighted by Crippen LogP contribution is 2.41. The van der Waals surface area contributed by atoms with Crippen molar-refractivity contribution in [3.63, 3.8) is 0 Å². The summed E-state index contributed by atoms with van der Waals surface area (Å²) in [5, 5.41) is 2.34. The van der Waals surface area contributed by atoms with Crippen LogP contribution in [0.15, 0.2) is 170 Å². The summed E-state index contributed by atoms with van der Waals surface area (Å²) in [6.45, 7) is 23.6. The Bertz CT molecular complexity index is 2980. The fourth-order valence-corrected chi connectivity index (χ4v) is 8.94. The molecule has 6 aromatic carbocycles. The Hall–Kier alpha value is -6.59. The first kappa shape index (κ1) is 41.7. The Balaban J connectivity index is 1.06. The second-order valence-corrected chi connectivity index (χ2v) is 20.4. The van der Waals surface area contributed by atoms with Gasteiger partial charge >= 0.3 is 0 Å². The number of nitrogens with zero attached hydrogens (tertiary/aromatic N) is 4. The van der Waals surface area contributed by atoms with E-state index in [1.54, 1.807) is 0 Å². The van der Waals surface area contributed by atoms with Crippen molar-refractivity contribution < 1.29 is 4.74 Å². The van der Waals surface area contributed by atoms with Gasteiger partial charge in [0, 0.05) is 63.7 Å². The summed E-state index contributed by atoms with van der Waals surface area (Å²) in [5.74, 6) is 2.46. The van der Waals surface area contributed by atoms with Gasteiger partial charge in [-0.15, -0.1) is 0 Å². The van der Waals surface area contributed by atoms with Gasteiger partial charge in [-0.1, -0.05) is 154 Å². The molecular formula is C58H60N4O. The summed E-state index contributed by atoms with van der Waals surface area (Å²) < 4.78 is 9.19. The number of ether oxygens (including phenoxy) is 1. The van der Waals surface area contributed by atoms with Gasteiger partial charge in [0.2, 0.25) is 0 Å². The van der Waals surface area contributed by atoms with Crippen LogP contribution in [0.5, 0.6) is 11.5 Å². The molecule has 318 valence electrons. The molecule has 0 fully saturated rings. The normalized spacial score (nSPS) is 13.7. The van der Waals surface area contributed by atoms with Crippen LogP contribution >= 0.6 is 0 Å².